The number of carbonyl (C=O) groups is 1. The van der Waals surface area contributed by atoms with Crippen LogP contribution in [-0.4, -0.2) is 34.4 Å². The van der Waals surface area contributed by atoms with Crippen molar-refractivity contribution in [2.45, 2.75) is 76.9 Å². The number of rotatable bonds is 11. The predicted molar refractivity (Wildman–Crippen MR) is 120 cm³/mol. The molecule has 8 nitrogen and oxygen atoms in total. The van der Waals surface area contributed by atoms with Gasteiger partial charge in [-0.1, -0.05) is 40.6 Å². The van der Waals surface area contributed by atoms with Crippen LogP contribution in [0, 0.1) is 0 Å². The summed E-state index contributed by atoms with van der Waals surface area (Å²) >= 11 is 0. The van der Waals surface area contributed by atoms with Gasteiger partial charge in [0.15, 0.2) is 0 Å². The minimum absolute atomic E-state index is 0.104. The lowest BCUT2D eigenvalue weighted by atomic mass is 9.90. The second kappa shape index (κ2) is 10.6. The van der Waals surface area contributed by atoms with Crippen LogP contribution in [0.3, 0.4) is 0 Å². The first-order valence-electron chi connectivity index (χ1n) is 11.1. The molecule has 3 rings (SSSR count). The molecule has 0 spiro atoms. The Kier molecular flexibility index (Phi) is 7.90. The van der Waals surface area contributed by atoms with Crippen molar-refractivity contribution in [1.29, 1.82) is 0 Å². The zero-order valence-corrected chi connectivity index (χ0v) is 19.0. The van der Waals surface area contributed by atoms with Gasteiger partial charge in [0.1, 0.15) is 5.60 Å². The monoisotopic (exact) mass is 443 g/mol. The van der Waals surface area contributed by atoms with E-state index in [1.165, 1.54) is 0 Å². The van der Waals surface area contributed by atoms with Gasteiger partial charge in [0, 0.05) is 18.1 Å². The molecule has 1 atom stereocenters. The van der Waals surface area contributed by atoms with Crippen LogP contribution in [0.25, 0.3) is 0 Å². The highest BCUT2D eigenvalue weighted by atomic mass is 16.6. The first-order valence-corrected chi connectivity index (χ1v) is 11.1. The average Bonchev–Trinajstić information content (AvgIpc) is 3.49. The van der Waals surface area contributed by atoms with Crippen LogP contribution in [0.2, 0.25) is 0 Å². The maximum atomic E-state index is 12.6. The number of amidine groups is 1. The number of hydrogen-bond acceptors (Lipinski definition) is 7. The first kappa shape index (κ1) is 23.8. The number of hydrogen-bond donors (Lipinski definition) is 2. The summed E-state index contributed by atoms with van der Waals surface area (Å²) in [4.78, 5) is 12.6. The Hall–Kier alpha value is -2.87. The molecule has 1 aromatic carbocycles. The molecule has 1 aromatic heterocycles. The third-order valence-corrected chi connectivity index (χ3v) is 5.25. The van der Waals surface area contributed by atoms with E-state index in [0.717, 1.165) is 30.4 Å². The highest BCUT2D eigenvalue weighted by Crippen LogP contribution is 2.46. The summed E-state index contributed by atoms with van der Waals surface area (Å²) in [5.74, 6) is -0.0537. The maximum Gasteiger partial charge on any atom is 0.306 e. The van der Waals surface area contributed by atoms with Gasteiger partial charge in [-0.3, -0.25) is 4.79 Å². The Morgan fingerprint density at radius 3 is 2.66 bits per heavy atom. The molecule has 0 bridgehead atoms. The summed E-state index contributed by atoms with van der Waals surface area (Å²) in [6.45, 7) is 6.64. The van der Waals surface area contributed by atoms with Gasteiger partial charge >= 0.3 is 5.97 Å². The summed E-state index contributed by atoms with van der Waals surface area (Å²) < 4.78 is 16.8. The van der Waals surface area contributed by atoms with Gasteiger partial charge in [0.2, 0.25) is 11.6 Å². The molecule has 174 valence electrons. The van der Waals surface area contributed by atoms with Gasteiger partial charge in [-0.15, -0.1) is 0 Å². The van der Waals surface area contributed by atoms with Gasteiger partial charge < -0.3 is 24.9 Å². The molecule has 32 heavy (non-hydrogen) atoms. The molecule has 1 aliphatic carbocycles. The van der Waals surface area contributed by atoms with E-state index in [1.54, 1.807) is 0 Å². The quantitative estimate of drug-likeness (QED) is 0.131. The molecular weight excluding hydrogens is 410 g/mol. The van der Waals surface area contributed by atoms with Crippen molar-refractivity contribution in [2.75, 3.05) is 6.61 Å². The van der Waals surface area contributed by atoms with E-state index < -0.39 is 5.60 Å². The highest BCUT2D eigenvalue weighted by Gasteiger charge is 2.37. The number of carbonyl (C=O) groups excluding carboxylic acids is 1. The van der Waals surface area contributed by atoms with Crippen molar-refractivity contribution in [3.63, 3.8) is 0 Å². The number of oxime groups is 1. The second-order valence-electron chi connectivity index (χ2n) is 9.24. The topological polar surface area (TPSA) is 120 Å². The molecule has 1 aliphatic rings. The fourth-order valence-corrected chi connectivity index (χ4v) is 3.72. The normalized spacial score (nSPS) is 15.5. The van der Waals surface area contributed by atoms with Crippen molar-refractivity contribution in [1.82, 2.24) is 5.16 Å². The Morgan fingerprint density at radius 1 is 1.31 bits per heavy atom. The van der Waals surface area contributed by atoms with Gasteiger partial charge in [-0.05, 0) is 57.9 Å². The Bertz CT molecular complexity index is 913. The van der Waals surface area contributed by atoms with Gasteiger partial charge in [0.05, 0.1) is 18.7 Å². The van der Waals surface area contributed by atoms with Crippen LogP contribution in [0.15, 0.2) is 40.0 Å². The third kappa shape index (κ3) is 6.82. The predicted octanol–water partition coefficient (Wildman–Crippen LogP) is 4.46. The molecular formula is C24H33N3O5. The third-order valence-electron chi connectivity index (χ3n) is 5.25. The summed E-state index contributed by atoms with van der Waals surface area (Å²) in [6, 6.07) is 9.99. The lowest BCUT2D eigenvalue weighted by molar-refractivity contribution is -0.155. The van der Waals surface area contributed by atoms with Crippen molar-refractivity contribution < 1.29 is 24.0 Å². The lowest BCUT2D eigenvalue weighted by Crippen LogP contribution is -2.25. The zero-order chi connectivity index (χ0) is 23.1. The second-order valence-corrected chi connectivity index (χ2v) is 9.24. The molecule has 0 radical (unpaired) electrons. The number of ether oxygens (including phenoxy) is 2. The molecule has 1 heterocycles. The van der Waals surface area contributed by atoms with E-state index in [9.17, 15) is 4.79 Å². The molecule has 3 N–H and O–H groups in total. The van der Waals surface area contributed by atoms with Crippen LogP contribution in [0.4, 0.5) is 0 Å². The Morgan fingerprint density at radius 2 is 2.03 bits per heavy atom. The maximum absolute atomic E-state index is 12.6. The van der Waals surface area contributed by atoms with Crippen molar-refractivity contribution in [3.05, 3.63) is 52.9 Å². The van der Waals surface area contributed by atoms with Gasteiger partial charge in [-0.25, -0.2) is 0 Å². The number of esters is 1. The summed E-state index contributed by atoms with van der Waals surface area (Å²) in [6.07, 6.45) is 3.57. The average molecular weight is 444 g/mol. The zero-order valence-electron chi connectivity index (χ0n) is 19.0. The minimum atomic E-state index is -0.567. The Labute approximate surface area is 188 Å². The fraction of sp³-hybridized carbons (Fsp3) is 0.542. The van der Waals surface area contributed by atoms with Crippen molar-refractivity contribution in [3.8, 4) is 0 Å². The summed E-state index contributed by atoms with van der Waals surface area (Å²) in [5, 5.41) is 16.4. The van der Waals surface area contributed by atoms with Gasteiger partial charge in [0.25, 0.3) is 0 Å². The molecule has 0 unspecified atom stereocenters. The van der Waals surface area contributed by atoms with E-state index in [4.69, 9.17) is 24.9 Å². The van der Waals surface area contributed by atoms with E-state index in [0.29, 0.717) is 31.1 Å². The van der Waals surface area contributed by atoms with Crippen molar-refractivity contribution >= 4 is 11.8 Å². The smallest absolute Gasteiger partial charge is 0.306 e. The van der Waals surface area contributed by atoms with Crippen LogP contribution >= 0.6 is 0 Å². The summed E-state index contributed by atoms with van der Waals surface area (Å²) in [5.41, 5.74) is 7.90. The van der Waals surface area contributed by atoms with E-state index in [-0.39, 0.29) is 30.1 Å². The van der Waals surface area contributed by atoms with E-state index in [2.05, 4.69) is 10.3 Å². The molecule has 0 aliphatic heterocycles. The lowest BCUT2D eigenvalue weighted by Gasteiger charge is -2.22. The Balaban J connectivity index is 1.70. The van der Waals surface area contributed by atoms with Crippen LogP contribution < -0.4 is 5.73 Å². The molecule has 0 saturated heterocycles. The highest BCUT2D eigenvalue weighted by molar-refractivity contribution is 5.96. The SMILES string of the molecule is CC(C)(C)OC(=O)C[C@H](CCCOCc1ccccc1)c1noc(/C(N)=N/O)c1C1CC1. The number of nitrogens with two attached hydrogens (primary N) is 1. The minimum Gasteiger partial charge on any atom is -0.460 e. The molecule has 0 amide bonds. The first-order chi connectivity index (χ1) is 15.3. The molecule has 1 fully saturated rings. The van der Waals surface area contributed by atoms with Crippen LogP contribution in [0.1, 0.15) is 87.3 Å². The van der Waals surface area contributed by atoms with Crippen LogP contribution in [-0.2, 0) is 20.9 Å². The molecule has 1 saturated carbocycles. The van der Waals surface area contributed by atoms with E-state index in [1.807, 2.05) is 51.1 Å². The van der Waals surface area contributed by atoms with Gasteiger partial charge in [-0.2, -0.15) is 0 Å². The van der Waals surface area contributed by atoms with E-state index >= 15 is 0 Å². The number of benzene rings is 1. The molecule has 8 heteroatoms. The van der Waals surface area contributed by atoms with Crippen LogP contribution in [0.5, 0.6) is 0 Å². The standard InChI is InChI=1S/C24H33N3O5/c1-24(2,3)31-19(28)14-18(10-7-13-30-15-16-8-5-4-6-9-16)21-20(17-11-12-17)22(32-27-21)23(25)26-29/h4-6,8-9,17-18,29H,7,10-15H2,1-3H3,(H2,25,26)/t18-/m0/s1. The molecule has 2 aromatic rings. The van der Waals surface area contributed by atoms with Crippen molar-refractivity contribution in [2.24, 2.45) is 10.9 Å². The largest absolute Gasteiger partial charge is 0.460 e. The number of aromatic nitrogens is 1. The fourth-order valence-electron chi connectivity index (χ4n) is 3.72. The summed E-state index contributed by atoms with van der Waals surface area (Å²) in [7, 11) is 0. The number of nitrogens with zero attached hydrogens (tertiary/aromatic N) is 2.